The third-order valence-corrected chi connectivity index (χ3v) is 53.1. The van der Waals surface area contributed by atoms with E-state index >= 15 is 0 Å². The van der Waals surface area contributed by atoms with Crippen LogP contribution in [0.2, 0.25) is 0 Å². The van der Waals surface area contributed by atoms with E-state index < -0.39 is 76.5 Å². The fourth-order valence-corrected chi connectivity index (χ4v) is 50.4. The van der Waals surface area contributed by atoms with Crippen molar-refractivity contribution in [1.82, 2.24) is 0 Å². The summed E-state index contributed by atoms with van der Waals surface area (Å²) in [5.41, 5.74) is -21.4. The minimum absolute atomic E-state index is 0.0985. The summed E-state index contributed by atoms with van der Waals surface area (Å²) >= 11 is 55.3. The fraction of sp³-hybridized carbons (Fsp3) is 0.986. The van der Waals surface area contributed by atoms with Crippen molar-refractivity contribution in [2.75, 3.05) is 46.9 Å². The Bertz CT molecular complexity index is 2410. The first kappa shape index (κ1) is 114. The summed E-state index contributed by atoms with van der Waals surface area (Å²) in [6, 6.07) is 0. The van der Waals surface area contributed by atoms with Gasteiger partial charge in [0.05, 0.1) is 98.5 Å². The van der Waals surface area contributed by atoms with Gasteiger partial charge in [-0.2, -0.15) is 0 Å². The van der Waals surface area contributed by atoms with E-state index in [1.54, 1.807) is 6.92 Å². The van der Waals surface area contributed by atoms with Crippen molar-refractivity contribution >= 4 is 208 Å². The zero-order chi connectivity index (χ0) is 83.4. The second-order valence-electron chi connectivity index (χ2n) is 32.2. The third kappa shape index (κ3) is 58.1. The lowest BCUT2D eigenvalue weighted by molar-refractivity contribution is -0.142. The van der Waals surface area contributed by atoms with Crippen LogP contribution in [0.15, 0.2) is 0 Å². The predicted molar refractivity (Wildman–Crippen MR) is 512 cm³/mol. The maximum Gasteiger partial charge on any atom is 0.306 e. The van der Waals surface area contributed by atoms with Gasteiger partial charge in [-0.05, 0) is 285 Å². The van der Waals surface area contributed by atoms with Gasteiger partial charge < -0.3 is 68.1 Å². The van der Waals surface area contributed by atoms with Crippen LogP contribution >= 0.6 is 120 Å². The molecule has 14 atom stereocenters. The van der Waals surface area contributed by atoms with Gasteiger partial charge in [0.25, 0.3) is 0 Å². The summed E-state index contributed by atoms with van der Waals surface area (Å²) in [6.45, 7) is 65.4. The van der Waals surface area contributed by atoms with Gasteiger partial charge in [0.15, 0.2) is 0 Å². The zero-order valence-corrected chi connectivity index (χ0v) is 89.3. The van der Waals surface area contributed by atoms with Crippen molar-refractivity contribution < 1.29 is 72.9 Å². The number of rotatable bonds is 67. The van der Waals surface area contributed by atoms with Gasteiger partial charge in [-0.15, -0.1) is 0 Å². The van der Waals surface area contributed by atoms with Crippen molar-refractivity contribution in [2.24, 2.45) is 47.3 Å². The highest BCUT2D eigenvalue weighted by molar-refractivity contribution is 8.70. The second kappa shape index (κ2) is 58.2. The summed E-state index contributed by atoms with van der Waals surface area (Å²) in [5.74, 6) is 5.64. The highest BCUT2D eigenvalue weighted by atomic mass is 32.9. The third-order valence-electron chi connectivity index (χ3n) is 14.4. The summed E-state index contributed by atoms with van der Waals surface area (Å²) in [7, 11) is 0. The predicted octanol–water partition coefficient (Wildman–Crippen LogP) is 28.7. The van der Waals surface area contributed by atoms with Crippen molar-refractivity contribution in [3.8, 4) is 0 Å². The van der Waals surface area contributed by atoms with Crippen LogP contribution in [0, 0.1) is 47.3 Å². The smallest absolute Gasteiger partial charge is 0.306 e. The van der Waals surface area contributed by atoms with E-state index in [1.807, 2.05) is 41.5 Å². The molecule has 0 saturated heterocycles. The molecule has 16 nitrogen and oxygen atoms in total. The van der Waals surface area contributed by atoms with Crippen LogP contribution in [-0.2, 0) is 156 Å². The van der Waals surface area contributed by atoms with Gasteiger partial charge >= 0.3 is 5.97 Å². The topological polar surface area (TPSA) is 156 Å². The van der Waals surface area contributed by atoms with E-state index in [9.17, 15) is 4.79 Å². The number of ether oxygens (including phenoxy) is 1. The van der Waals surface area contributed by atoms with Gasteiger partial charge in [0.1, 0.15) is 0 Å². The van der Waals surface area contributed by atoms with Gasteiger partial charge in [0.2, 0.25) is 39.9 Å². The first-order valence-corrected chi connectivity index (χ1v) is 68.6. The molecule has 0 N–H and O–H groups in total. The molecule has 0 spiro atoms. The normalized spacial score (nSPS) is 20.7. The lowest BCUT2D eigenvalue weighted by Gasteiger charge is -2.33. The molecule has 0 aliphatic rings. The Labute approximate surface area is 725 Å². The first-order chi connectivity index (χ1) is 49.5. The average molecular weight is 1920 g/mol. The van der Waals surface area contributed by atoms with Crippen LogP contribution in [0.4, 0.5) is 0 Å². The van der Waals surface area contributed by atoms with Gasteiger partial charge in [-0.1, -0.05) is 190 Å². The summed E-state index contributed by atoms with van der Waals surface area (Å²) in [5, 5.41) is 0. The van der Waals surface area contributed by atoms with E-state index in [1.165, 1.54) is 79.7 Å². The number of hydrogen-bond acceptors (Lipinski definition) is 30. The Morgan fingerprint density at radius 3 is 0.491 bits per heavy atom. The lowest BCUT2D eigenvalue weighted by atomic mass is 10.1. The van der Waals surface area contributed by atoms with Crippen molar-refractivity contribution in [3.05, 3.63) is 0 Å². The van der Waals surface area contributed by atoms with Crippen LogP contribution in [0.3, 0.4) is 0 Å². The molecule has 108 heavy (non-hydrogen) atoms. The number of hydrogen-bond donors (Lipinski definition) is 0. The van der Waals surface area contributed by atoms with E-state index in [0.29, 0.717) is 87.6 Å². The van der Waals surface area contributed by atoms with Gasteiger partial charge in [0, 0.05) is 40.3 Å². The van der Waals surface area contributed by atoms with Crippen LogP contribution in [0.5, 0.6) is 0 Å². The molecular weight excluding hydrogens is 1770 g/mol. The first-order valence-electron chi connectivity index (χ1n) is 39.0. The summed E-state index contributed by atoms with van der Waals surface area (Å²) in [6.07, 6.45) is 3.14. The van der Waals surface area contributed by atoms with Crippen molar-refractivity contribution in [2.45, 2.75) is 358 Å². The molecule has 0 aromatic rings. The molecule has 0 radical (unpaired) electrons. The Morgan fingerprint density at radius 1 is 0.231 bits per heavy atom. The quantitative estimate of drug-likeness (QED) is 0.0418. The fourth-order valence-electron chi connectivity index (χ4n) is 11.2. The zero-order valence-electron chi connectivity index (χ0n) is 71.6. The molecule has 0 saturated carbocycles. The standard InChI is InChI=1S/C71H149O16P7S14/c1-32-73-71(72)33-34-102-88(95,82-65(26)43-107-93(100,84-67(28)45-103-89(96,74-57(18)35-49(2)3)75-58(19)36-50(4)5)85-68(29)46-104-90(97,76-59(20)37-51(6)7)77-60(21)38-52(8)9)83-66(27)44-108-94(101,86-69(30)47-105-91(98,78-61(22)39-53(10)11)79-62(23)40-54(12)13)87-70(31)48-106-92(99,80-63(24)41-55(14)15)81-64(25)42-56(16)17/h49-70H,32-48H2,1-31H3. The summed E-state index contributed by atoms with van der Waals surface area (Å²) < 4.78 is 101. The molecule has 0 aromatic carbocycles. The maximum atomic E-state index is 12.9. The van der Waals surface area contributed by atoms with Crippen LogP contribution in [0.25, 0.3) is 0 Å². The molecule has 0 aromatic heterocycles. The monoisotopic (exact) mass is 1920 g/mol. The summed E-state index contributed by atoms with van der Waals surface area (Å²) in [4.78, 5) is 12.9. The van der Waals surface area contributed by atoms with Gasteiger partial charge in [-0.25, -0.2) is 0 Å². The Hall–Kier alpha value is 5.91. The van der Waals surface area contributed by atoms with E-state index in [2.05, 4.69) is 166 Å². The number of carbonyl (C=O) groups excluding carboxylic acids is 1. The minimum atomic E-state index is -3.31. The SMILES string of the molecule is CCOC(=O)CCSP(=S)(OC(C)CSP(=S)(OC(C)CSP(=S)(OC(C)CC(C)C)OC(C)CC(C)C)OC(C)CSP(=S)(OC(C)CC(C)C)OC(C)CC(C)C)OC(C)CSP(=S)(OC(C)CSP(=S)(OC(C)CC(C)C)OC(C)CC(C)C)OC(C)CSP(=S)(OC(C)CC(C)C)OC(C)CC(C)C. The molecule has 0 amide bonds. The maximum absolute atomic E-state index is 12.9. The van der Waals surface area contributed by atoms with Crippen LogP contribution in [-0.4, -0.2) is 138 Å². The number of esters is 1. The molecule has 0 heterocycles. The van der Waals surface area contributed by atoms with Gasteiger partial charge in [-0.3, -0.25) is 4.79 Å². The Morgan fingerprint density at radius 2 is 0.361 bits per heavy atom. The molecule has 0 rings (SSSR count). The molecule has 0 aliphatic carbocycles. The number of carbonyl (C=O) groups is 1. The Kier molecular flexibility index (Phi) is 61.4. The second-order valence-corrected chi connectivity index (χ2v) is 76.0. The molecule has 648 valence electrons. The van der Waals surface area contributed by atoms with Crippen molar-refractivity contribution in [1.29, 1.82) is 0 Å². The largest absolute Gasteiger partial charge is 0.466 e. The Balaban J connectivity index is 7.75. The van der Waals surface area contributed by atoms with E-state index in [-0.39, 0.29) is 67.8 Å². The van der Waals surface area contributed by atoms with E-state index in [0.717, 1.165) is 51.4 Å². The molecule has 0 aliphatic heterocycles. The lowest BCUT2D eigenvalue weighted by Crippen LogP contribution is -2.19. The molecule has 37 heteroatoms. The molecule has 0 bridgehead atoms. The van der Waals surface area contributed by atoms with Crippen LogP contribution < -0.4 is 0 Å². The minimum Gasteiger partial charge on any atom is -0.466 e. The van der Waals surface area contributed by atoms with E-state index in [4.69, 9.17) is 151 Å². The highest BCUT2D eigenvalue weighted by Crippen LogP contribution is 2.71. The highest BCUT2D eigenvalue weighted by Gasteiger charge is 2.38. The average Bonchev–Trinajstić information content (AvgIpc) is 0.837. The van der Waals surface area contributed by atoms with Crippen molar-refractivity contribution in [3.63, 3.8) is 0 Å². The molecule has 0 fully saturated rings. The molecule has 14 unspecified atom stereocenters. The molecular formula is C71H149O16P7S14. The van der Waals surface area contributed by atoms with Crippen LogP contribution in [0.1, 0.15) is 272 Å².